The van der Waals surface area contributed by atoms with Crippen molar-refractivity contribution in [2.24, 2.45) is 0 Å². The first kappa shape index (κ1) is 17.5. The lowest BCUT2D eigenvalue weighted by atomic mass is 9.94. The molecule has 0 aliphatic carbocycles. The van der Waals surface area contributed by atoms with Crippen LogP contribution in [0.2, 0.25) is 0 Å². The van der Waals surface area contributed by atoms with E-state index in [-0.39, 0.29) is 15.8 Å². The van der Waals surface area contributed by atoms with E-state index < -0.39 is 45.8 Å². The minimum atomic E-state index is -1.70. The highest BCUT2D eigenvalue weighted by molar-refractivity contribution is 9.10. The summed E-state index contributed by atoms with van der Waals surface area (Å²) in [7, 11) is 1.22. The van der Waals surface area contributed by atoms with Crippen molar-refractivity contribution in [3.05, 3.63) is 43.9 Å². The normalized spacial score (nSPS) is 10.5. The minimum absolute atomic E-state index is 0.00895. The number of carboxylic acid groups (broad SMARTS) is 2. The first-order valence-corrected chi connectivity index (χ1v) is 7.04. The molecule has 8 nitrogen and oxygen atoms in total. The number of nitrogens with one attached hydrogen (secondary N) is 1. The Morgan fingerprint density at radius 3 is 2.33 bits per heavy atom. The van der Waals surface area contributed by atoms with Crippen LogP contribution in [0.1, 0.15) is 20.7 Å². The van der Waals surface area contributed by atoms with Gasteiger partial charge in [0, 0.05) is 11.1 Å². The molecule has 2 rings (SSSR count). The fraction of sp³-hybridized carbons (Fsp3) is 0.0714. The van der Waals surface area contributed by atoms with Crippen molar-refractivity contribution in [2.45, 2.75) is 0 Å². The molecule has 0 saturated carbocycles. The molecule has 0 saturated heterocycles. The Morgan fingerprint density at radius 2 is 1.83 bits per heavy atom. The Morgan fingerprint density at radius 1 is 1.25 bits per heavy atom. The van der Waals surface area contributed by atoms with Crippen LogP contribution in [0.5, 0.6) is 5.75 Å². The van der Waals surface area contributed by atoms with Gasteiger partial charge in [-0.2, -0.15) is 0 Å². The summed E-state index contributed by atoms with van der Waals surface area (Å²) < 4.78 is 19.0. The lowest BCUT2D eigenvalue weighted by Gasteiger charge is -2.15. The highest BCUT2D eigenvalue weighted by Crippen LogP contribution is 2.38. The van der Waals surface area contributed by atoms with Crippen LogP contribution in [-0.2, 0) is 0 Å². The molecule has 0 amide bonds. The molecular weight excluding hydrogens is 391 g/mol. The van der Waals surface area contributed by atoms with Gasteiger partial charge in [0.15, 0.2) is 0 Å². The lowest BCUT2D eigenvalue weighted by Crippen LogP contribution is -2.24. The smallest absolute Gasteiger partial charge is 0.342 e. The van der Waals surface area contributed by atoms with Crippen LogP contribution in [0.25, 0.3) is 11.1 Å². The van der Waals surface area contributed by atoms with E-state index in [0.717, 1.165) is 6.07 Å². The summed E-state index contributed by atoms with van der Waals surface area (Å²) in [5.41, 5.74) is 2.06. The molecule has 1 aromatic heterocycles. The molecule has 0 aliphatic rings. The van der Waals surface area contributed by atoms with Gasteiger partial charge in [0.2, 0.25) is 0 Å². The predicted molar refractivity (Wildman–Crippen MR) is 85.0 cm³/mol. The standard InChI is InChI=1S/C14H10BrFN2O6/c1-24-7-3-5(15)6(16)2-4(7)8-9(13(20)21)11(17)18-12(19)10(8)14(22)23/h2-3H,1H3,(H,20,21)(H,22,23)(H3,17,18,19). The number of aromatic amines is 1. The molecule has 0 aliphatic heterocycles. The third kappa shape index (κ3) is 2.83. The van der Waals surface area contributed by atoms with Crippen molar-refractivity contribution >= 4 is 33.7 Å². The van der Waals surface area contributed by atoms with Gasteiger partial charge in [-0.1, -0.05) is 0 Å². The molecule has 0 bridgehead atoms. The number of pyridine rings is 1. The molecule has 126 valence electrons. The van der Waals surface area contributed by atoms with Crippen LogP contribution in [0.3, 0.4) is 0 Å². The average molecular weight is 401 g/mol. The number of carbonyl (C=O) groups is 2. The monoisotopic (exact) mass is 400 g/mol. The summed E-state index contributed by atoms with van der Waals surface area (Å²) in [5, 5.41) is 18.6. The summed E-state index contributed by atoms with van der Waals surface area (Å²) in [5.74, 6) is -4.70. The molecule has 0 unspecified atom stereocenters. The maximum absolute atomic E-state index is 13.9. The minimum Gasteiger partial charge on any atom is -0.496 e. The van der Waals surface area contributed by atoms with Gasteiger partial charge in [-0.05, 0) is 28.1 Å². The van der Waals surface area contributed by atoms with Gasteiger partial charge >= 0.3 is 11.9 Å². The first-order chi connectivity index (χ1) is 11.2. The van der Waals surface area contributed by atoms with Crippen molar-refractivity contribution in [1.29, 1.82) is 0 Å². The van der Waals surface area contributed by atoms with Crippen molar-refractivity contribution in [1.82, 2.24) is 4.98 Å². The number of hydrogen-bond acceptors (Lipinski definition) is 5. The van der Waals surface area contributed by atoms with Gasteiger partial charge in [-0.3, -0.25) is 4.79 Å². The molecule has 1 aromatic carbocycles. The second-order valence-electron chi connectivity index (χ2n) is 4.57. The number of carboxylic acids is 2. The Hall–Kier alpha value is -2.88. The molecule has 0 spiro atoms. The van der Waals surface area contributed by atoms with Crippen LogP contribution in [0, 0.1) is 5.82 Å². The maximum atomic E-state index is 13.9. The number of nitrogen functional groups attached to an aromatic ring is 1. The predicted octanol–water partition coefficient (Wildman–Crippen LogP) is 1.93. The second kappa shape index (κ2) is 6.32. The van der Waals surface area contributed by atoms with E-state index >= 15 is 0 Å². The highest BCUT2D eigenvalue weighted by atomic mass is 79.9. The molecule has 24 heavy (non-hydrogen) atoms. The summed E-state index contributed by atoms with van der Waals surface area (Å²) in [6.45, 7) is 0. The highest BCUT2D eigenvalue weighted by Gasteiger charge is 2.29. The van der Waals surface area contributed by atoms with E-state index in [0.29, 0.717) is 0 Å². The Bertz CT molecular complexity index is 924. The molecule has 0 radical (unpaired) electrons. The summed E-state index contributed by atoms with van der Waals surface area (Å²) in [6.07, 6.45) is 0. The number of rotatable bonds is 4. The number of anilines is 1. The summed E-state index contributed by atoms with van der Waals surface area (Å²) in [6, 6.07) is 2.04. The van der Waals surface area contributed by atoms with E-state index in [1.807, 2.05) is 4.98 Å². The number of benzene rings is 1. The molecule has 10 heteroatoms. The topological polar surface area (TPSA) is 143 Å². The van der Waals surface area contributed by atoms with Crippen LogP contribution >= 0.6 is 15.9 Å². The van der Waals surface area contributed by atoms with Crippen LogP contribution in [-0.4, -0.2) is 34.2 Å². The zero-order valence-electron chi connectivity index (χ0n) is 12.0. The summed E-state index contributed by atoms with van der Waals surface area (Å²) >= 11 is 2.94. The number of H-pyrrole nitrogens is 1. The van der Waals surface area contributed by atoms with Crippen molar-refractivity contribution < 1.29 is 28.9 Å². The Labute approximate surface area is 141 Å². The van der Waals surface area contributed by atoms with Gasteiger partial charge in [-0.15, -0.1) is 0 Å². The van der Waals surface area contributed by atoms with Crippen molar-refractivity contribution in [3.63, 3.8) is 0 Å². The average Bonchev–Trinajstić information content (AvgIpc) is 2.47. The lowest BCUT2D eigenvalue weighted by molar-refractivity contribution is 0.0695. The molecule has 0 atom stereocenters. The fourth-order valence-corrected chi connectivity index (χ4v) is 2.53. The molecule has 2 aromatic rings. The largest absolute Gasteiger partial charge is 0.496 e. The number of nitrogens with two attached hydrogens (primary N) is 1. The van der Waals surface area contributed by atoms with E-state index in [9.17, 15) is 29.0 Å². The molecule has 1 heterocycles. The van der Waals surface area contributed by atoms with Gasteiger partial charge in [0.25, 0.3) is 5.56 Å². The molecule has 5 N–H and O–H groups in total. The van der Waals surface area contributed by atoms with Crippen LogP contribution in [0.4, 0.5) is 10.2 Å². The molecule has 0 fully saturated rings. The third-order valence-electron chi connectivity index (χ3n) is 3.18. The number of aromatic nitrogens is 1. The Kier molecular flexibility index (Phi) is 4.60. The van der Waals surface area contributed by atoms with Crippen molar-refractivity contribution in [3.8, 4) is 16.9 Å². The second-order valence-corrected chi connectivity index (χ2v) is 5.42. The van der Waals surface area contributed by atoms with Crippen molar-refractivity contribution in [2.75, 3.05) is 12.8 Å². The number of ether oxygens (including phenoxy) is 1. The molecular formula is C14H10BrFN2O6. The van der Waals surface area contributed by atoms with Crippen LogP contribution in [0.15, 0.2) is 21.4 Å². The number of hydrogen-bond donors (Lipinski definition) is 4. The number of methoxy groups -OCH3 is 1. The Balaban J connectivity index is 3.08. The summed E-state index contributed by atoms with van der Waals surface area (Å²) in [4.78, 5) is 36.9. The van der Waals surface area contributed by atoms with E-state index in [1.165, 1.54) is 13.2 Å². The van der Waals surface area contributed by atoms with Gasteiger partial charge in [-0.25, -0.2) is 14.0 Å². The first-order valence-electron chi connectivity index (χ1n) is 6.24. The van der Waals surface area contributed by atoms with Crippen LogP contribution < -0.4 is 16.0 Å². The maximum Gasteiger partial charge on any atom is 0.342 e. The van der Waals surface area contributed by atoms with E-state index in [1.54, 1.807) is 0 Å². The SMILES string of the molecule is COc1cc(Br)c(F)cc1-c1c(C(=O)O)c(N)[nH]c(=O)c1C(=O)O. The van der Waals surface area contributed by atoms with Gasteiger partial charge < -0.3 is 25.7 Å². The zero-order valence-corrected chi connectivity index (χ0v) is 13.6. The van der Waals surface area contributed by atoms with E-state index in [2.05, 4.69) is 15.9 Å². The fourth-order valence-electron chi connectivity index (χ4n) is 2.21. The van der Waals surface area contributed by atoms with Gasteiger partial charge in [0.1, 0.15) is 28.5 Å². The number of halogens is 2. The third-order valence-corrected chi connectivity index (χ3v) is 3.79. The zero-order chi connectivity index (χ0) is 18.2. The van der Waals surface area contributed by atoms with Gasteiger partial charge in [0.05, 0.1) is 11.6 Å². The number of aromatic carboxylic acids is 2. The quantitative estimate of drug-likeness (QED) is 0.613. The van der Waals surface area contributed by atoms with E-state index in [4.69, 9.17) is 10.5 Å².